The van der Waals surface area contributed by atoms with Crippen molar-refractivity contribution in [2.45, 2.75) is 19.4 Å². The summed E-state index contributed by atoms with van der Waals surface area (Å²) in [6.07, 6.45) is 0. The quantitative estimate of drug-likeness (QED) is 0.340. The highest BCUT2D eigenvalue weighted by molar-refractivity contribution is 9.10. The van der Waals surface area contributed by atoms with Crippen LogP contribution in [0.2, 0.25) is 0 Å². The summed E-state index contributed by atoms with van der Waals surface area (Å²) >= 11 is 3.09. The fourth-order valence-corrected chi connectivity index (χ4v) is 2.02. The molecule has 0 fully saturated rings. The van der Waals surface area contributed by atoms with Gasteiger partial charge in [0.15, 0.2) is 11.7 Å². The molecule has 0 aliphatic carbocycles. The van der Waals surface area contributed by atoms with Gasteiger partial charge in [-0.15, -0.1) is 0 Å². The molecule has 0 saturated heterocycles. The van der Waals surface area contributed by atoms with Gasteiger partial charge in [0, 0.05) is 12.6 Å². The number of benzene rings is 1. The maximum Gasteiger partial charge on any atom is 0.171 e. The zero-order chi connectivity index (χ0) is 14.8. The minimum absolute atomic E-state index is 0.112. The number of hydrogen-bond acceptors (Lipinski definition) is 4. The summed E-state index contributed by atoms with van der Waals surface area (Å²) in [5.74, 6) is -0.713. The molecule has 0 radical (unpaired) electrons. The molecule has 1 rings (SSSR count). The summed E-state index contributed by atoms with van der Waals surface area (Å²) < 4.78 is 14.4. The average molecular weight is 334 g/mol. The molecule has 0 heterocycles. The highest BCUT2D eigenvalue weighted by Crippen LogP contribution is 2.32. The predicted molar refractivity (Wildman–Crippen MR) is 76.2 cm³/mol. The van der Waals surface area contributed by atoms with E-state index in [1.807, 2.05) is 0 Å². The summed E-state index contributed by atoms with van der Waals surface area (Å²) in [5.41, 5.74) is 5.41. The minimum Gasteiger partial charge on any atom is -0.409 e. The molecule has 0 atom stereocenters. The molecule has 19 heavy (non-hydrogen) atoms. The Bertz CT molecular complexity index is 506. The van der Waals surface area contributed by atoms with Gasteiger partial charge in [-0.25, -0.2) is 4.39 Å². The second-order valence-corrected chi connectivity index (χ2v) is 5.57. The van der Waals surface area contributed by atoms with Crippen LogP contribution in [0.4, 0.5) is 10.1 Å². The van der Waals surface area contributed by atoms with Gasteiger partial charge in [0.05, 0.1) is 22.3 Å². The van der Waals surface area contributed by atoms with Gasteiger partial charge >= 0.3 is 0 Å². The molecule has 7 heteroatoms. The third kappa shape index (κ3) is 2.98. The highest BCUT2D eigenvalue weighted by Gasteiger charge is 2.26. The molecule has 0 aromatic heterocycles. The number of amidine groups is 1. The largest absolute Gasteiger partial charge is 0.409 e. The Kier molecular flexibility index (Phi) is 4.75. The zero-order valence-corrected chi connectivity index (χ0v) is 12.6. The third-order valence-electron chi connectivity index (χ3n) is 3.10. The van der Waals surface area contributed by atoms with Crippen molar-refractivity contribution < 1.29 is 14.7 Å². The molecule has 0 spiro atoms. The lowest BCUT2D eigenvalue weighted by Crippen LogP contribution is -2.44. The van der Waals surface area contributed by atoms with Gasteiger partial charge in [-0.3, -0.25) is 0 Å². The van der Waals surface area contributed by atoms with Crippen LogP contribution in [0.15, 0.2) is 21.8 Å². The lowest BCUT2D eigenvalue weighted by molar-refractivity contribution is 0.215. The van der Waals surface area contributed by atoms with Gasteiger partial charge < -0.3 is 20.9 Å². The number of aliphatic hydroxyl groups is 1. The van der Waals surface area contributed by atoms with Crippen molar-refractivity contribution >= 4 is 27.5 Å². The summed E-state index contributed by atoms with van der Waals surface area (Å²) in [6.45, 7) is 3.46. The van der Waals surface area contributed by atoms with Crippen LogP contribution in [0.25, 0.3) is 0 Å². The van der Waals surface area contributed by atoms with Crippen molar-refractivity contribution in [1.82, 2.24) is 0 Å². The van der Waals surface area contributed by atoms with Crippen LogP contribution in [-0.2, 0) is 0 Å². The van der Waals surface area contributed by atoms with Crippen LogP contribution in [0.5, 0.6) is 0 Å². The van der Waals surface area contributed by atoms with Crippen molar-refractivity contribution in [3.63, 3.8) is 0 Å². The molecule has 0 saturated carbocycles. The van der Waals surface area contributed by atoms with E-state index >= 15 is 0 Å². The monoisotopic (exact) mass is 333 g/mol. The van der Waals surface area contributed by atoms with Crippen LogP contribution in [0.1, 0.15) is 19.4 Å². The number of anilines is 1. The molecule has 1 aromatic rings. The van der Waals surface area contributed by atoms with Gasteiger partial charge in [0.2, 0.25) is 0 Å². The maximum absolute atomic E-state index is 14.3. The topological polar surface area (TPSA) is 82.1 Å². The number of halogens is 2. The van der Waals surface area contributed by atoms with Crippen molar-refractivity contribution in [2.75, 3.05) is 18.6 Å². The summed E-state index contributed by atoms with van der Waals surface area (Å²) in [6, 6.07) is 3.06. The Balaban J connectivity index is 3.31. The number of nitrogens with zero attached hydrogens (tertiary/aromatic N) is 2. The van der Waals surface area contributed by atoms with E-state index in [4.69, 9.17) is 10.9 Å². The van der Waals surface area contributed by atoms with E-state index in [1.54, 1.807) is 31.9 Å². The Morgan fingerprint density at radius 1 is 1.53 bits per heavy atom. The van der Waals surface area contributed by atoms with E-state index in [0.29, 0.717) is 5.69 Å². The number of oxime groups is 1. The van der Waals surface area contributed by atoms with E-state index in [0.717, 1.165) is 0 Å². The normalized spacial score (nSPS) is 12.6. The lowest BCUT2D eigenvalue weighted by atomic mass is 10.0. The van der Waals surface area contributed by atoms with Gasteiger partial charge in [-0.1, -0.05) is 5.16 Å². The van der Waals surface area contributed by atoms with Gasteiger partial charge in [-0.2, -0.15) is 0 Å². The number of nitrogens with two attached hydrogens (primary N) is 1. The smallest absolute Gasteiger partial charge is 0.171 e. The van der Waals surface area contributed by atoms with Gasteiger partial charge in [0.1, 0.15) is 0 Å². The number of aliphatic hydroxyl groups excluding tert-OH is 1. The molecule has 0 bridgehead atoms. The number of hydrogen-bond donors (Lipinski definition) is 3. The molecule has 0 aliphatic rings. The maximum atomic E-state index is 14.3. The second kappa shape index (κ2) is 5.75. The lowest BCUT2D eigenvalue weighted by Gasteiger charge is -2.36. The molecule has 0 amide bonds. The molecule has 5 nitrogen and oxygen atoms in total. The van der Waals surface area contributed by atoms with Crippen LogP contribution in [-0.4, -0.2) is 35.3 Å². The second-order valence-electron chi connectivity index (χ2n) is 4.78. The van der Waals surface area contributed by atoms with E-state index in [-0.39, 0.29) is 22.5 Å². The van der Waals surface area contributed by atoms with Crippen molar-refractivity contribution in [3.05, 3.63) is 28.0 Å². The fourth-order valence-electron chi connectivity index (χ4n) is 1.48. The Morgan fingerprint density at radius 2 is 2.11 bits per heavy atom. The van der Waals surface area contributed by atoms with Crippen LogP contribution in [0.3, 0.4) is 0 Å². The summed E-state index contributed by atoms with van der Waals surface area (Å²) in [7, 11) is 1.68. The predicted octanol–water partition coefficient (Wildman–Crippen LogP) is 1.89. The van der Waals surface area contributed by atoms with Gasteiger partial charge in [-0.05, 0) is 41.9 Å². The van der Waals surface area contributed by atoms with Crippen LogP contribution >= 0.6 is 15.9 Å². The molecular weight excluding hydrogens is 317 g/mol. The molecule has 1 aromatic carbocycles. The van der Waals surface area contributed by atoms with Crippen LogP contribution in [0, 0.1) is 5.82 Å². The Hall–Kier alpha value is -1.34. The molecule has 4 N–H and O–H groups in total. The number of rotatable bonds is 4. The molecule has 106 valence electrons. The first-order chi connectivity index (χ1) is 8.76. The molecule has 0 aliphatic heterocycles. The summed E-state index contributed by atoms with van der Waals surface area (Å²) in [4.78, 5) is 1.63. The van der Waals surface area contributed by atoms with Crippen LogP contribution < -0.4 is 10.6 Å². The SMILES string of the molecule is CN(c1ccc(/C(N)=N/O)c(Br)c1F)C(C)(C)CO. The first-order valence-corrected chi connectivity index (χ1v) is 6.36. The minimum atomic E-state index is -0.613. The van der Waals surface area contributed by atoms with E-state index in [1.165, 1.54) is 6.07 Å². The van der Waals surface area contributed by atoms with E-state index < -0.39 is 11.4 Å². The fraction of sp³-hybridized carbons (Fsp3) is 0.417. The molecular formula is C12H17BrFN3O2. The van der Waals surface area contributed by atoms with E-state index in [9.17, 15) is 9.50 Å². The highest BCUT2D eigenvalue weighted by atomic mass is 79.9. The number of likely N-dealkylation sites (N-methyl/N-ethyl adjacent to an activating group) is 1. The van der Waals surface area contributed by atoms with Crippen molar-refractivity contribution in [1.29, 1.82) is 0 Å². The summed E-state index contributed by atoms with van der Waals surface area (Å²) in [5, 5.41) is 20.8. The Morgan fingerprint density at radius 3 is 2.58 bits per heavy atom. The average Bonchev–Trinajstić information content (AvgIpc) is 2.40. The standard InChI is InChI=1S/C12H17BrFN3O2/c1-12(2,6-18)17(3)8-5-4-7(11(15)16-19)9(13)10(8)14/h4-5,18-19H,6H2,1-3H3,(H2,15,16). The van der Waals surface area contributed by atoms with Gasteiger partial charge in [0.25, 0.3) is 0 Å². The van der Waals surface area contributed by atoms with Crippen molar-refractivity contribution in [3.8, 4) is 0 Å². The molecule has 0 unspecified atom stereocenters. The zero-order valence-electron chi connectivity index (χ0n) is 11.0. The van der Waals surface area contributed by atoms with Crippen molar-refractivity contribution in [2.24, 2.45) is 10.9 Å². The first kappa shape index (κ1) is 15.7. The van der Waals surface area contributed by atoms with E-state index in [2.05, 4.69) is 21.1 Å². The third-order valence-corrected chi connectivity index (χ3v) is 3.88. The Labute approximate surface area is 119 Å². The first-order valence-electron chi connectivity index (χ1n) is 5.57.